The Hall–Kier alpha value is -1.85. The van der Waals surface area contributed by atoms with E-state index in [1.165, 1.54) is 18.2 Å². The molecule has 0 bridgehead atoms. The molecule has 6 heteroatoms. The van der Waals surface area contributed by atoms with Crippen molar-refractivity contribution < 1.29 is 28.2 Å². The fourth-order valence-corrected chi connectivity index (χ4v) is 1.63. The standard InChI is InChI=1S/C11H10F2O4/c12-11(13,5-10(14)15)4-7-1-2-8-9(3-7)17-6-16-8/h1-3H,4-6H2,(H,14,15). The van der Waals surface area contributed by atoms with E-state index in [9.17, 15) is 13.6 Å². The van der Waals surface area contributed by atoms with Crippen molar-refractivity contribution in [3.8, 4) is 11.5 Å². The van der Waals surface area contributed by atoms with Crippen molar-refractivity contribution in [3.63, 3.8) is 0 Å². The van der Waals surface area contributed by atoms with Crippen molar-refractivity contribution in [2.24, 2.45) is 0 Å². The molecule has 2 rings (SSSR count). The van der Waals surface area contributed by atoms with E-state index in [1.807, 2.05) is 0 Å². The van der Waals surface area contributed by atoms with Crippen molar-refractivity contribution >= 4 is 5.97 Å². The molecule has 1 aromatic carbocycles. The van der Waals surface area contributed by atoms with Crippen molar-refractivity contribution in [3.05, 3.63) is 23.8 Å². The molecule has 17 heavy (non-hydrogen) atoms. The molecule has 92 valence electrons. The maximum atomic E-state index is 13.3. The normalized spacial score (nSPS) is 13.8. The lowest BCUT2D eigenvalue weighted by molar-refractivity contribution is -0.144. The summed E-state index contributed by atoms with van der Waals surface area (Å²) in [4.78, 5) is 10.3. The molecule has 0 saturated heterocycles. The van der Waals surface area contributed by atoms with Crippen molar-refractivity contribution in [2.45, 2.75) is 18.8 Å². The molecule has 0 aliphatic carbocycles. The topological polar surface area (TPSA) is 55.8 Å². The van der Waals surface area contributed by atoms with E-state index < -0.39 is 24.7 Å². The van der Waals surface area contributed by atoms with Gasteiger partial charge in [-0.05, 0) is 17.7 Å². The Morgan fingerprint density at radius 3 is 2.76 bits per heavy atom. The average molecular weight is 244 g/mol. The summed E-state index contributed by atoms with van der Waals surface area (Å²) in [5, 5.41) is 8.36. The number of carbonyl (C=O) groups is 1. The molecule has 0 radical (unpaired) electrons. The second-order valence-electron chi connectivity index (χ2n) is 3.79. The molecule has 0 spiro atoms. The largest absolute Gasteiger partial charge is 0.481 e. The number of halogens is 2. The zero-order valence-electron chi connectivity index (χ0n) is 8.78. The highest BCUT2D eigenvalue weighted by Crippen LogP contribution is 2.34. The highest BCUT2D eigenvalue weighted by molar-refractivity contribution is 5.67. The predicted octanol–water partition coefficient (Wildman–Crippen LogP) is 2.07. The van der Waals surface area contributed by atoms with Crippen molar-refractivity contribution in [1.29, 1.82) is 0 Å². The van der Waals surface area contributed by atoms with Crippen LogP contribution >= 0.6 is 0 Å². The highest BCUT2D eigenvalue weighted by atomic mass is 19.3. The van der Waals surface area contributed by atoms with Gasteiger partial charge in [-0.15, -0.1) is 0 Å². The van der Waals surface area contributed by atoms with E-state index >= 15 is 0 Å². The molecule has 0 atom stereocenters. The summed E-state index contributed by atoms with van der Waals surface area (Å²) >= 11 is 0. The molecule has 0 fully saturated rings. The van der Waals surface area contributed by atoms with E-state index in [4.69, 9.17) is 14.6 Å². The molecule has 1 aliphatic rings. The Balaban J connectivity index is 2.11. The minimum Gasteiger partial charge on any atom is -0.481 e. The summed E-state index contributed by atoms with van der Waals surface area (Å²) in [6.07, 6.45) is -1.81. The van der Waals surface area contributed by atoms with Gasteiger partial charge < -0.3 is 14.6 Å². The number of carboxylic acid groups (broad SMARTS) is 1. The quantitative estimate of drug-likeness (QED) is 0.880. The molecular formula is C11H10F2O4. The number of fused-ring (bicyclic) bond motifs is 1. The van der Waals surface area contributed by atoms with Crippen molar-refractivity contribution in [1.82, 2.24) is 0 Å². The lowest BCUT2D eigenvalue weighted by atomic mass is 10.0. The molecule has 1 aliphatic heterocycles. The second-order valence-corrected chi connectivity index (χ2v) is 3.79. The van der Waals surface area contributed by atoms with Crippen LogP contribution in [0.4, 0.5) is 8.78 Å². The van der Waals surface area contributed by atoms with E-state index in [1.54, 1.807) is 0 Å². The van der Waals surface area contributed by atoms with Crippen LogP contribution in [-0.2, 0) is 11.2 Å². The molecule has 1 N–H and O–H groups in total. The molecule has 4 nitrogen and oxygen atoms in total. The SMILES string of the molecule is O=C(O)CC(F)(F)Cc1ccc2c(c1)OCO2. The van der Waals surface area contributed by atoms with Crippen LogP contribution in [0.2, 0.25) is 0 Å². The van der Waals surface area contributed by atoms with Gasteiger partial charge in [-0.1, -0.05) is 6.07 Å². The number of aliphatic carboxylic acids is 1. The van der Waals surface area contributed by atoms with Crippen LogP contribution in [0.25, 0.3) is 0 Å². The van der Waals surface area contributed by atoms with Crippen molar-refractivity contribution in [2.75, 3.05) is 6.79 Å². The first kappa shape index (κ1) is 11.6. The molecule has 0 saturated carbocycles. The number of hydrogen-bond donors (Lipinski definition) is 1. The van der Waals surface area contributed by atoms with Gasteiger partial charge in [0.1, 0.15) is 6.42 Å². The van der Waals surface area contributed by atoms with Gasteiger partial charge in [-0.2, -0.15) is 0 Å². The number of carboxylic acids is 1. The minimum atomic E-state index is -3.26. The lowest BCUT2D eigenvalue weighted by Crippen LogP contribution is -2.23. The molecule has 1 aromatic rings. The first-order valence-electron chi connectivity index (χ1n) is 4.94. The van der Waals surface area contributed by atoms with E-state index in [-0.39, 0.29) is 6.79 Å². The number of ether oxygens (including phenoxy) is 2. The van der Waals surface area contributed by atoms with Gasteiger partial charge in [0.2, 0.25) is 6.79 Å². The predicted molar refractivity (Wildman–Crippen MR) is 53.5 cm³/mol. The smallest absolute Gasteiger partial charge is 0.309 e. The number of benzene rings is 1. The molecule has 0 amide bonds. The average Bonchev–Trinajstić information content (AvgIpc) is 2.61. The Morgan fingerprint density at radius 2 is 2.06 bits per heavy atom. The molecule has 0 aromatic heterocycles. The van der Waals surface area contributed by atoms with Gasteiger partial charge in [0, 0.05) is 6.42 Å². The lowest BCUT2D eigenvalue weighted by Gasteiger charge is -2.14. The van der Waals surface area contributed by atoms with E-state index in [2.05, 4.69) is 0 Å². The first-order chi connectivity index (χ1) is 7.96. The first-order valence-corrected chi connectivity index (χ1v) is 4.94. The van der Waals surface area contributed by atoms with Crippen LogP contribution in [0.1, 0.15) is 12.0 Å². The maximum Gasteiger partial charge on any atom is 0.309 e. The maximum absolute atomic E-state index is 13.3. The zero-order chi connectivity index (χ0) is 12.5. The van der Waals surface area contributed by atoms with Crippen LogP contribution in [0.3, 0.4) is 0 Å². The van der Waals surface area contributed by atoms with Crippen LogP contribution in [0, 0.1) is 0 Å². The molecule has 0 unspecified atom stereocenters. The van der Waals surface area contributed by atoms with E-state index in [0.29, 0.717) is 17.1 Å². The second kappa shape index (κ2) is 4.20. The van der Waals surface area contributed by atoms with Gasteiger partial charge in [0.15, 0.2) is 11.5 Å². The van der Waals surface area contributed by atoms with Crippen LogP contribution in [-0.4, -0.2) is 23.8 Å². The summed E-state index contributed by atoms with van der Waals surface area (Å²) in [5.41, 5.74) is 0.320. The zero-order valence-corrected chi connectivity index (χ0v) is 8.78. The van der Waals surface area contributed by atoms with Gasteiger partial charge in [0.25, 0.3) is 5.92 Å². The summed E-state index contributed by atoms with van der Waals surface area (Å²) in [6, 6.07) is 4.45. The van der Waals surface area contributed by atoms with Gasteiger partial charge in [-0.3, -0.25) is 4.79 Å². The van der Waals surface area contributed by atoms with E-state index in [0.717, 1.165) is 0 Å². The number of hydrogen-bond acceptors (Lipinski definition) is 3. The Kier molecular flexibility index (Phi) is 2.87. The van der Waals surface area contributed by atoms with Crippen LogP contribution < -0.4 is 9.47 Å². The van der Waals surface area contributed by atoms with Crippen LogP contribution in [0.15, 0.2) is 18.2 Å². The number of rotatable bonds is 4. The molecular weight excluding hydrogens is 234 g/mol. The van der Waals surface area contributed by atoms with Gasteiger partial charge in [0.05, 0.1) is 0 Å². The summed E-state index contributed by atoms with van der Waals surface area (Å²) < 4.78 is 36.6. The third-order valence-electron chi connectivity index (χ3n) is 2.31. The highest BCUT2D eigenvalue weighted by Gasteiger charge is 2.33. The summed E-state index contributed by atoms with van der Waals surface area (Å²) in [7, 11) is 0. The fourth-order valence-electron chi connectivity index (χ4n) is 1.63. The van der Waals surface area contributed by atoms with Crippen LogP contribution in [0.5, 0.6) is 11.5 Å². The summed E-state index contributed by atoms with van der Waals surface area (Å²) in [6.45, 7) is 0.0737. The Bertz CT molecular complexity index is 445. The Morgan fingerprint density at radius 1 is 1.35 bits per heavy atom. The third-order valence-corrected chi connectivity index (χ3v) is 2.31. The molecule has 1 heterocycles. The Labute approximate surface area is 95.8 Å². The fraction of sp³-hybridized carbons (Fsp3) is 0.364. The van der Waals surface area contributed by atoms with Gasteiger partial charge in [-0.25, -0.2) is 8.78 Å². The third kappa shape index (κ3) is 2.83. The van der Waals surface area contributed by atoms with Gasteiger partial charge >= 0.3 is 5.97 Å². The monoisotopic (exact) mass is 244 g/mol. The minimum absolute atomic E-state index is 0.0737. The number of alkyl halides is 2. The summed E-state index contributed by atoms with van der Waals surface area (Å²) in [5.74, 6) is -3.86.